The Morgan fingerprint density at radius 1 is 1.08 bits per heavy atom. The normalized spacial score (nSPS) is 19.7. The maximum atomic E-state index is 13.0. The van der Waals surface area contributed by atoms with Gasteiger partial charge in [-0.1, -0.05) is 49.4 Å². The molecule has 136 valence electrons. The number of ether oxygens (including phenoxy) is 1. The Labute approximate surface area is 154 Å². The number of nitrogens with one attached hydrogen (secondary N) is 1. The second-order valence-corrected chi connectivity index (χ2v) is 6.70. The molecule has 2 unspecified atom stereocenters. The minimum atomic E-state index is -0.582. The zero-order valence-electron chi connectivity index (χ0n) is 15.1. The van der Waals surface area contributed by atoms with Gasteiger partial charge in [0, 0.05) is 13.1 Å². The second kappa shape index (κ2) is 8.04. The largest absolute Gasteiger partial charge is 0.453 e. The Morgan fingerprint density at radius 2 is 1.77 bits per heavy atom. The molecule has 26 heavy (non-hydrogen) atoms. The highest BCUT2D eigenvalue weighted by Gasteiger charge is 2.30. The van der Waals surface area contributed by atoms with Crippen LogP contribution in [0.2, 0.25) is 0 Å². The molecule has 0 aromatic heterocycles. The minimum Gasteiger partial charge on any atom is -0.453 e. The molecular formula is C21H24N2O3. The molecule has 2 aromatic carbocycles. The zero-order valence-corrected chi connectivity index (χ0v) is 15.1. The highest BCUT2D eigenvalue weighted by Crippen LogP contribution is 2.33. The first-order valence-corrected chi connectivity index (χ1v) is 8.88. The van der Waals surface area contributed by atoms with Gasteiger partial charge in [-0.3, -0.25) is 10.1 Å². The number of methoxy groups -OCH3 is 1. The van der Waals surface area contributed by atoms with E-state index in [-0.39, 0.29) is 5.91 Å². The lowest BCUT2D eigenvalue weighted by molar-refractivity contribution is 0.0662. The van der Waals surface area contributed by atoms with Gasteiger partial charge in [-0.05, 0) is 36.0 Å². The Balaban J connectivity index is 1.73. The highest BCUT2D eigenvalue weighted by molar-refractivity contribution is 6.02. The average Bonchev–Trinajstić information content (AvgIpc) is 2.68. The Kier molecular flexibility index (Phi) is 5.56. The van der Waals surface area contributed by atoms with Crippen LogP contribution in [0, 0.1) is 5.92 Å². The van der Waals surface area contributed by atoms with Gasteiger partial charge in [0.25, 0.3) is 5.91 Å². The molecule has 3 rings (SSSR count). The molecule has 0 spiro atoms. The third-order valence-corrected chi connectivity index (χ3v) is 5.00. The molecule has 2 atom stereocenters. The molecule has 1 aliphatic rings. The molecule has 0 aliphatic carbocycles. The van der Waals surface area contributed by atoms with E-state index in [1.54, 1.807) is 24.3 Å². The van der Waals surface area contributed by atoms with Crippen molar-refractivity contribution in [3.05, 3.63) is 65.7 Å². The number of para-hydroxylation sites is 1. The van der Waals surface area contributed by atoms with E-state index in [0.717, 1.165) is 6.42 Å². The molecule has 0 saturated carbocycles. The van der Waals surface area contributed by atoms with E-state index in [4.69, 9.17) is 0 Å². The van der Waals surface area contributed by atoms with E-state index in [0.29, 0.717) is 36.2 Å². The van der Waals surface area contributed by atoms with E-state index in [9.17, 15) is 9.59 Å². The monoisotopic (exact) mass is 352 g/mol. The number of hydrogen-bond donors (Lipinski definition) is 1. The Bertz CT molecular complexity index is 776. The van der Waals surface area contributed by atoms with Crippen molar-refractivity contribution in [1.29, 1.82) is 0 Å². The van der Waals surface area contributed by atoms with Crippen molar-refractivity contribution in [2.75, 3.05) is 25.5 Å². The molecule has 5 nitrogen and oxygen atoms in total. The summed E-state index contributed by atoms with van der Waals surface area (Å²) in [5.41, 5.74) is 2.30. The summed E-state index contributed by atoms with van der Waals surface area (Å²) in [5.74, 6) is 0.773. The number of rotatable bonds is 3. The molecule has 5 heteroatoms. The standard InChI is InChI=1S/C21H24N2O3/c1-15-14-23(13-12-17(15)16-8-4-3-5-9-16)20(24)18-10-6-7-11-19(18)22-21(25)26-2/h3-11,15,17H,12-14H2,1-2H3,(H,22,25). The summed E-state index contributed by atoms with van der Waals surface area (Å²) in [6.07, 6.45) is 0.352. The zero-order chi connectivity index (χ0) is 18.5. The van der Waals surface area contributed by atoms with Gasteiger partial charge >= 0.3 is 6.09 Å². The maximum Gasteiger partial charge on any atom is 0.411 e. The third kappa shape index (κ3) is 3.87. The Hall–Kier alpha value is -2.82. The van der Waals surface area contributed by atoms with Crippen LogP contribution in [0.4, 0.5) is 10.5 Å². The number of piperidine rings is 1. The van der Waals surface area contributed by atoms with Crippen LogP contribution in [0.5, 0.6) is 0 Å². The van der Waals surface area contributed by atoms with E-state index >= 15 is 0 Å². The molecule has 1 heterocycles. The van der Waals surface area contributed by atoms with Gasteiger partial charge < -0.3 is 9.64 Å². The van der Waals surface area contributed by atoms with Crippen molar-refractivity contribution >= 4 is 17.7 Å². The molecule has 0 bridgehead atoms. The van der Waals surface area contributed by atoms with Crippen LogP contribution >= 0.6 is 0 Å². The summed E-state index contributed by atoms with van der Waals surface area (Å²) in [5, 5.41) is 2.62. The van der Waals surface area contributed by atoms with E-state index in [2.05, 4.69) is 41.2 Å². The number of anilines is 1. The van der Waals surface area contributed by atoms with Gasteiger partial charge in [0.05, 0.1) is 18.4 Å². The summed E-state index contributed by atoms with van der Waals surface area (Å²) in [7, 11) is 1.30. The molecule has 1 aliphatic heterocycles. The quantitative estimate of drug-likeness (QED) is 0.903. The van der Waals surface area contributed by atoms with Crippen LogP contribution in [0.25, 0.3) is 0 Å². The highest BCUT2D eigenvalue weighted by atomic mass is 16.5. The molecule has 2 aromatic rings. The van der Waals surface area contributed by atoms with Crippen molar-refractivity contribution in [3.63, 3.8) is 0 Å². The molecule has 2 amide bonds. The van der Waals surface area contributed by atoms with Crippen LogP contribution in [-0.2, 0) is 4.74 Å². The number of carbonyl (C=O) groups is 2. The van der Waals surface area contributed by atoms with Gasteiger partial charge in [-0.25, -0.2) is 4.79 Å². The third-order valence-electron chi connectivity index (χ3n) is 5.00. The fourth-order valence-corrected chi connectivity index (χ4v) is 3.64. The van der Waals surface area contributed by atoms with Gasteiger partial charge in [0.2, 0.25) is 0 Å². The summed E-state index contributed by atoms with van der Waals surface area (Å²) in [6, 6.07) is 17.5. The summed E-state index contributed by atoms with van der Waals surface area (Å²) in [4.78, 5) is 26.4. The summed E-state index contributed by atoms with van der Waals surface area (Å²) >= 11 is 0. The van der Waals surface area contributed by atoms with E-state index < -0.39 is 6.09 Å². The predicted molar refractivity (Wildman–Crippen MR) is 101 cm³/mol. The second-order valence-electron chi connectivity index (χ2n) is 6.70. The number of hydrogen-bond acceptors (Lipinski definition) is 3. The summed E-state index contributed by atoms with van der Waals surface area (Å²) in [6.45, 7) is 3.59. The number of amides is 2. The first-order chi connectivity index (χ1) is 12.6. The fourth-order valence-electron chi connectivity index (χ4n) is 3.64. The van der Waals surface area contributed by atoms with Crippen LogP contribution in [0.1, 0.15) is 35.2 Å². The molecule has 1 saturated heterocycles. The van der Waals surface area contributed by atoms with Crippen LogP contribution in [0.15, 0.2) is 54.6 Å². The number of carbonyl (C=O) groups excluding carboxylic acids is 2. The van der Waals surface area contributed by atoms with E-state index in [1.807, 2.05) is 11.0 Å². The van der Waals surface area contributed by atoms with Gasteiger partial charge in [-0.2, -0.15) is 0 Å². The van der Waals surface area contributed by atoms with Crippen molar-refractivity contribution in [1.82, 2.24) is 4.90 Å². The van der Waals surface area contributed by atoms with Crippen molar-refractivity contribution in [2.45, 2.75) is 19.3 Å². The number of benzene rings is 2. The molecular weight excluding hydrogens is 328 g/mol. The van der Waals surface area contributed by atoms with Crippen molar-refractivity contribution < 1.29 is 14.3 Å². The minimum absolute atomic E-state index is 0.0598. The van der Waals surface area contributed by atoms with Crippen molar-refractivity contribution in [3.8, 4) is 0 Å². The van der Waals surface area contributed by atoms with Gasteiger partial charge in [0.1, 0.15) is 0 Å². The summed E-state index contributed by atoms with van der Waals surface area (Å²) < 4.78 is 4.64. The topological polar surface area (TPSA) is 58.6 Å². The van der Waals surface area contributed by atoms with E-state index in [1.165, 1.54) is 12.7 Å². The number of nitrogens with zero attached hydrogens (tertiary/aromatic N) is 1. The van der Waals surface area contributed by atoms with Crippen LogP contribution < -0.4 is 5.32 Å². The lowest BCUT2D eigenvalue weighted by atomic mass is 9.81. The Morgan fingerprint density at radius 3 is 2.46 bits per heavy atom. The molecule has 1 N–H and O–H groups in total. The van der Waals surface area contributed by atoms with Crippen LogP contribution in [-0.4, -0.2) is 37.1 Å². The van der Waals surface area contributed by atoms with Crippen LogP contribution in [0.3, 0.4) is 0 Å². The molecule has 1 fully saturated rings. The fraction of sp³-hybridized carbons (Fsp3) is 0.333. The average molecular weight is 352 g/mol. The first-order valence-electron chi connectivity index (χ1n) is 8.88. The molecule has 0 radical (unpaired) electrons. The van der Waals surface area contributed by atoms with Gasteiger partial charge in [-0.15, -0.1) is 0 Å². The van der Waals surface area contributed by atoms with Crippen molar-refractivity contribution in [2.24, 2.45) is 5.92 Å². The smallest absolute Gasteiger partial charge is 0.411 e. The lowest BCUT2D eigenvalue weighted by Crippen LogP contribution is -2.42. The van der Waals surface area contributed by atoms with Gasteiger partial charge in [0.15, 0.2) is 0 Å². The number of likely N-dealkylation sites (tertiary alicyclic amines) is 1. The SMILES string of the molecule is COC(=O)Nc1ccccc1C(=O)N1CCC(c2ccccc2)C(C)C1. The lowest BCUT2D eigenvalue weighted by Gasteiger charge is -2.37. The predicted octanol–water partition coefficient (Wildman–Crippen LogP) is 4.13. The maximum absolute atomic E-state index is 13.0. The first kappa shape index (κ1) is 18.0.